The lowest BCUT2D eigenvalue weighted by Crippen LogP contribution is -2.42. The molecule has 3 heterocycles. The Morgan fingerprint density at radius 2 is 2.07 bits per heavy atom. The fourth-order valence-electron chi connectivity index (χ4n) is 3.50. The minimum Gasteiger partial charge on any atom is -0.317 e. The molecule has 0 spiro atoms. The summed E-state index contributed by atoms with van der Waals surface area (Å²) >= 11 is 2.69. The standard InChI is InChI=1S/C19H21N3O3S3/c1-2-22-15-8-3-4-9-16(15)27-19(22)20-18(23)14-7-5-11-21(13-14)28(24,25)17-10-6-12-26-17/h3-4,6,8-10,12,14H,2,5,7,11,13H2,1H3. The number of sulfonamides is 1. The van der Waals surface area contributed by atoms with Gasteiger partial charge < -0.3 is 4.57 Å². The lowest BCUT2D eigenvalue weighted by molar-refractivity contribution is -0.122. The normalized spacial score (nSPS) is 19.3. The van der Waals surface area contributed by atoms with E-state index in [9.17, 15) is 13.2 Å². The Bertz CT molecular complexity index is 1160. The third kappa shape index (κ3) is 3.59. The van der Waals surface area contributed by atoms with Crippen molar-refractivity contribution in [1.82, 2.24) is 8.87 Å². The molecule has 0 radical (unpaired) electrons. The van der Waals surface area contributed by atoms with Gasteiger partial charge in [0.15, 0.2) is 4.80 Å². The van der Waals surface area contributed by atoms with Gasteiger partial charge in [-0.2, -0.15) is 9.30 Å². The quantitative estimate of drug-likeness (QED) is 0.631. The molecule has 3 aromatic rings. The van der Waals surface area contributed by atoms with Crippen LogP contribution < -0.4 is 4.80 Å². The number of hydrogen-bond acceptors (Lipinski definition) is 5. The minimum atomic E-state index is -3.54. The summed E-state index contributed by atoms with van der Waals surface area (Å²) < 4.78 is 30.4. The minimum absolute atomic E-state index is 0.194. The Hall–Kier alpha value is -1.81. The number of fused-ring (bicyclic) bond motifs is 1. The first kappa shape index (κ1) is 19.5. The van der Waals surface area contributed by atoms with E-state index in [0.717, 1.165) is 16.8 Å². The lowest BCUT2D eigenvalue weighted by Gasteiger charge is -2.29. The third-order valence-electron chi connectivity index (χ3n) is 4.93. The Morgan fingerprint density at radius 1 is 1.25 bits per heavy atom. The third-order valence-corrected chi connectivity index (χ3v) is 9.23. The molecule has 1 unspecified atom stereocenters. The summed E-state index contributed by atoms with van der Waals surface area (Å²) in [5.41, 5.74) is 1.06. The smallest absolute Gasteiger partial charge is 0.252 e. The van der Waals surface area contributed by atoms with Crippen molar-refractivity contribution in [1.29, 1.82) is 0 Å². The summed E-state index contributed by atoms with van der Waals surface area (Å²) in [5.74, 6) is -0.640. The highest BCUT2D eigenvalue weighted by atomic mass is 32.2. The topological polar surface area (TPSA) is 71.7 Å². The fraction of sp³-hybridized carbons (Fsp3) is 0.368. The van der Waals surface area contributed by atoms with Gasteiger partial charge in [-0.05, 0) is 43.3 Å². The van der Waals surface area contributed by atoms with Crippen LogP contribution in [0.15, 0.2) is 51.0 Å². The molecule has 0 bridgehead atoms. The van der Waals surface area contributed by atoms with Crippen molar-refractivity contribution in [3.05, 3.63) is 46.6 Å². The van der Waals surface area contributed by atoms with E-state index >= 15 is 0 Å². The van der Waals surface area contributed by atoms with Crippen LogP contribution in [0.1, 0.15) is 19.8 Å². The second-order valence-corrected chi connectivity index (χ2v) is 10.8. The van der Waals surface area contributed by atoms with E-state index in [0.29, 0.717) is 28.4 Å². The first-order valence-corrected chi connectivity index (χ1v) is 12.3. The number of thiazole rings is 1. The molecule has 1 aliphatic heterocycles. The predicted molar refractivity (Wildman–Crippen MR) is 112 cm³/mol. The zero-order chi connectivity index (χ0) is 19.7. The van der Waals surface area contributed by atoms with Gasteiger partial charge in [0.1, 0.15) is 4.21 Å². The average molecular weight is 436 g/mol. The number of thiophene rings is 1. The van der Waals surface area contributed by atoms with E-state index in [1.807, 2.05) is 35.8 Å². The molecule has 6 nitrogen and oxygen atoms in total. The van der Waals surface area contributed by atoms with E-state index in [2.05, 4.69) is 4.99 Å². The number of rotatable bonds is 4. The Labute approximate surface area is 171 Å². The predicted octanol–water partition coefficient (Wildman–Crippen LogP) is 3.31. The number of benzene rings is 1. The molecule has 1 amide bonds. The van der Waals surface area contributed by atoms with Crippen molar-refractivity contribution in [2.24, 2.45) is 10.9 Å². The zero-order valence-corrected chi connectivity index (χ0v) is 17.9. The molecule has 1 fully saturated rings. The van der Waals surface area contributed by atoms with Crippen molar-refractivity contribution in [3.63, 3.8) is 0 Å². The van der Waals surface area contributed by atoms with Gasteiger partial charge in [-0.15, -0.1) is 11.3 Å². The second kappa shape index (κ2) is 7.90. The maximum Gasteiger partial charge on any atom is 0.252 e. The zero-order valence-electron chi connectivity index (χ0n) is 15.4. The van der Waals surface area contributed by atoms with E-state index in [-0.39, 0.29) is 12.5 Å². The molecule has 1 aromatic carbocycles. The number of amides is 1. The molecule has 0 saturated carbocycles. The molecule has 28 heavy (non-hydrogen) atoms. The highest BCUT2D eigenvalue weighted by Gasteiger charge is 2.33. The van der Waals surface area contributed by atoms with Crippen LogP contribution in [0, 0.1) is 5.92 Å². The molecule has 1 atom stereocenters. The van der Waals surface area contributed by atoms with Crippen LogP contribution in [-0.4, -0.2) is 36.3 Å². The number of piperidine rings is 1. The van der Waals surface area contributed by atoms with Gasteiger partial charge in [0.25, 0.3) is 15.9 Å². The van der Waals surface area contributed by atoms with Crippen molar-refractivity contribution in [2.45, 2.75) is 30.5 Å². The van der Waals surface area contributed by atoms with Crippen molar-refractivity contribution < 1.29 is 13.2 Å². The second-order valence-electron chi connectivity index (χ2n) is 6.68. The van der Waals surface area contributed by atoms with Gasteiger partial charge in [0, 0.05) is 19.6 Å². The van der Waals surface area contributed by atoms with Crippen molar-refractivity contribution in [2.75, 3.05) is 13.1 Å². The van der Waals surface area contributed by atoms with E-state index < -0.39 is 15.9 Å². The van der Waals surface area contributed by atoms with Crippen LogP contribution in [-0.2, 0) is 21.4 Å². The van der Waals surface area contributed by atoms with Gasteiger partial charge in [0.05, 0.1) is 16.1 Å². The maximum absolute atomic E-state index is 12.9. The number of para-hydroxylation sites is 1. The highest BCUT2D eigenvalue weighted by Crippen LogP contribution is 2.27. The summed E-state index contributed by atoms with van der Waals surface area (Å²) in [5, 5.41) is 1.75. The molecule has 148 valence electrons. The van der Waals surface area contributed by atoms with Gasteiger partial charge in [-0.25, -0.2) is 8.42 Å². The summed E-state index contributed by atoms with van der Waals surface area (Å²) in [6, 6.07) is 11.3. The van der Waals surface area contributed by atoms with Crippen LogP contribution >= 0.6 is 22.7 Å². The Morgan fingerprint density at radius 3 is 2.82 bits per heavy atom. The van der Waals surface area contributed by atoms with Crippen molar-refractivity contribution >= 4 is 48.8 Å². The van der Waals surface area contributed by atoms with Gasteiger partial charge in [0.2, 0.25) is 0 Å². The number of carbonyl (C=O) groups is 1. The van der Waals surface area contributed by atoms with E-state index in [4.69, 9.17) is 0 Å². The van der Waals surface area contributed by atoms with Crippen molar-refractivity contribution in [3.8, 4) is 0 Å². The molecule has 1 saturated heterocycles. The summed E-state index contributed by atoms with van der Waals surface area (Å²) in [6.07, 6.45) is 1.33. The summed E-state index contributed by atoms with van der Waals surface area (Å²) in [7, 11) is -3.54. The fourth-order valence-corrected chi connectivity index (χ4v) is 7.26. The molecular weight excluding hydrogens is 414 g/mol. The molecule has 4 rings (SSSR count). The SMILES string of the molecule is CCn1c(=NC(=O)C2CCCN(S(=O)(=O)c3cccs3)C2)sc2ccccc21. The number of hydrogen-bond donors (Lipinski definition) is 0. The van der Waals surface area contributed by atoms with Crippen LogP contribution in [0.4, 0.5) is 0 Å². The first-order chi connectivity index (χ1) is 13.5. The largest absolute Gasteiger partial charge is 0.317 e. The molecular formula is C19H21N3O3S3. The number of nitrogens with zero attached hydrogens (tertiary/aromatic N) is 3. The number of carbonyl (C=O) groups excluding carboxylic acids is 1. The van der Waals surface area contributed by atoms with Crippen LogP contribution in [0.2, 0.25) is 0 Å². The van der Waals surface area contributed by atoms with Gasteiger partial charge >= 0.3 is 0 Å². The van der Waals surface area contributed by atoms with Gasteiger partial charge in [-0.1, -0.05) is 29.5 Å². The lowest BCUT2D eigenvalue weighted by atomic mass is 9.99. The molecule has 0 N–H and O–H groups in total. The Kier molecular flexibility index (Phi) is 5.50. The van der Waals surface area contributed by atoms with E-state index in [1.165, 1.54) is 27.0 Å². The summed E-state index contributed by atoms with van der Waals surface area (Å²) in [4.78, 5) is 17.9. The van der Waals surface area contributed by atoms with Gasteiger partial charge in [-0.3, -0.25) is 4.79 Å². The van der Waals surface area contributed by atoms with Crippen LogP contribution in [0.3, 0.4) is 0 Å². The number of aromatic nitrogens is 1. The maximum atomic E-state index is 12.9. The molecule has 1 aliphatic rings. The summed E-state index contributed by atoms with van der Waals surface area (Å²) in [6.45, 7) is 3.39. The monoisotopic (exact) mass is 435 g/mol. The first-order valence-electron chi connectivity index (χ1n) is 9.21. The number of aryl methyl sites for hydroxylation is 1. The Balaban J connectivity index is 1.61. The van der Waals surface area contributed by atoms with Crippen LogP contribution in [0.25, 0.3) is 10.2 Å². The molecule has 2 aromatic heterocycles. The average Bonchev–Trinajstić information content (AvgIpc) is 3.36. The molecule has 0 aliphatic carbocycles. The van der Waals surface area contributed by atoms with Crippen LogP contribution in [0.5, 0.6) is 0 Å². The molecule has 9 heteroatoms. The van der Waals surface area contributed by atoms with E-state index in [1.54, 1.807) is 17.5 Å². The highest BCUT2D eigenvalue weighted by molar-refractivity contribution is 7.91.